The number of hydrogen-bond donors (Lipinski definition) is 6. The number of imide groups is 1. The molecule has 86 heavy (non-hydrogen) atoms. The fourth-order valence-electron chi connectivity index (χ4n) is 11.0. The van der Waals surface area contributed by atoms with Crippen LogP contribution in [0.5, 0.6) is 0 Å². The minimum atomic E-state index is -1.90. The fourth-order valence-corrected chi connectivity index (χ4v) is 11.2. The molecule has 6 rings (SSSR count). The second-order valence-electron chi connectivity index (χ2n) is 23.5. The maximum Gasteiger partial charge on any atom is 0.409 e. The van der Waals surface area contributed by atoms with E-state index >= 15 is 0 Å². The number of amides is 9. The van der Waals surface area contributed by atoms with Crippen molar-refractivity contribution in [3.05, 3.63) is 99.1 Å². The third-order valence-corrected chi connectivity index (χ3v) is 17.0. The molecule has 0 aromatic heterocycles. The number of allylic oxidation sites excluding steroid dienone is 3. The number of benzene rings is 2. The van der Waals surface area contributed by atoms with Gasteiger partial charge in [-0.1, -0.05) is 74.7 Å². The number of aliphatic hydroxyl groups is 1. The number of halogens is 1. The number of alkyl carbamates (subject to hydrolysis) is 1. The number of primary amides is 1. The summed E-state index contributed by atoms with van der Waals surface area (Å²) < 4.78 is 24.0. The lowest BCUT2D eigenvalue weighted by Gasteiger charge is -2.42. The van der Waals surface area contributed by atoms with Crippen LogP contribution in [-0.4, -0.2) is 162 Å². The number of esters is 1. The van der Waals surface area contributed by atoms with Crippen LogP contribution in [0.15, 0.2) is 66.3 Å². The molecule has 468 valence electrons. The SMILES string of the molecule is CO[C@@H]1/C=C/C=C(\C)Cc2cc(C)c(Cl)c(c2)N(C)C(=O)C[C@H](OC(=O)[C@H](C)N(C)C(=O)c2ccc(CC(=O)[C@H](CCCNC(N)=O)NC(=O)[C@@H](NC(=O)CCCCCN3C(=O)C=CC3=O)C(C)C)c(C)c2)[C@]2(C)O[C@H]2[C@H](C)[C@@H]2C[C@@]1(O)NC(=O)O2. The maximum absolute atomic E-state index is 14.5. The summed E-state index contributed by atoms with van der Waals surface area (Å²) in [6.45, 7) is 14.2. The molecule has 9 amide bonds. The van der Waals surface area contributed by atoms with E-state index in [9.17, 15) is 53.1 Å². The first-order chi connectivity index (χ1) is 40.5. The Balaban J connectivity index is 1.15. The van der Waals surface area contributed by atoms with Gasteiger partial charge in [0.2, 0.25) is 17.7 Å². The number of ketones is 1. The summed E-state index contributed by atoms with van der Waals surface area (Å²) in [5.41, 5.74) is 6.21. The molecule has 2 aromatic rings. The Morgan fingerprint density at radius 1 is 0.965 bits per heavy atom. The van der Waals surface area contributed by atoms with Crippen molar-refractivity contribution in [3.63, 3.8) is 0 Å². The number of hydrogen-bond acceptors (Lipinski definition) is 15. The highest BCUT2D eigenvalue weighted by atomic mass is 35.5. The van der Waals surface area contributed by atoms with Gasteiger partial charge in [0.1, 0.15) is 36.0 Å². The fraction of sp³-hybridized carbons (Fsp3) is 0.548. The van der Waals surface area contributed by atoms with Crippen molar-refractivity contribution in [2.75, 3.05) is 39.2 Å². The van der Waals surface area contributed by atoms with Crippen LogP contribution in [0.1, 0.15) is 126 Å². The Kier molecular flexibility index (Phi) is 23.0. The van der Waals surface area contributed by atoms with E-state index in [2.05, 4.69) is 21.3 Å². The number of epoxide rings is 1. The van der Waals surface area contributed by atoms with Crippen molar-refractivity contribution < 1.29 is 72.0 Å². The molecule has 24 heteroatoms. The second kappa shape index (κ2) is 29.3. The van der Waals surface area contributed by atoms with E-state index in [0.717, 1.165) is 21.6 Å². The molecule has 10 atom stereocenters. The molecule has 2 fully saturated rings. The van der Waals surface area contributed by atoms with Crippen LogP contribution < -0.4 is 31.9 Å². The topological polar surface area (TPSA) is 315 Å². The summed E-state index contributed by atoms with van der Waals surface area (Å²) >= 11 is 6.87. The number of ether oxygens (including phenoxy) is 4. The third-order valence-electron chi connectivity index (χ3n) is 16.5. The van der Waals surface area contributed by atoms with Crippen LogP contribution in [0.4, 0.5) is 15.3 Å². The van der Waals surface area contributed by atoms with Gasteiger partial charge in [0.05, 0.1) is 29.3 Å². The summed E-state index contributed by atoms with van der Waals surface area (Å²) in [7, 11) is 4.41. The Hall–Kier alpha value is -7.47. The van der Waals surface area contributed by atoms with Gasteiger partial charge in [0, 0.05) is 77.2 Å². The molecule has 4 aliphatic rings. The van der Waals surface area contributed by atoms with Crippen LogP contribution in [0, 0.1) is 25.7 Å². The second-order valence-corrected chi connectivity index (χ2v) is 23.8. The van der Waals surface area contributed by atoms with Crippen molar-refractivity contribution >= 4 is 76.6 Å². The van der Waals surface area contributed by atoms with Crippen LogP contribution >= 0.6 is 11.6 Å². The Bertz CT molecular complexity index is 3020. The van der Waals surface area contributed by atoms with Gasteiger partial charge in [-0.15, -0.1) is 0 Å². The molecular formula is C62H83ClN8O15. The molecule has 0 radical (unpaired) electrons. The molecule has 2 saturated heterocycles. The molecule has 4 heterocycles. The van der Waals surface area contributed by atoms with Gasteiger partial charge in [-0.25, -0.2) is 14.4 Å². The van der Waals surface area contributed by atoms with Crippen LogP contribution in [-0.2, 0) is 65.4 Å². The van der Waals surface area contributed by atoms with Crippen molar-refractivity contribution in [2.45, 2.75) is 173 Å². The van der Waals surface area contributed by atoms with Gasteiger partial charge < -0.3 is 55.5 Å². The Morgan fingerprint density at radius 3 is 2.31 bits per heavy atom. The smallest absolute Gasteiger partial charge is 0.409 e. The number of carbonyl (C=O) groups is 10. The lowest BCUT2D eigenvalue weighted by molar-refractivity contribution is -0.158. The average Bonchev–Trinajstić information content (AvgIpc) is 1.64. The normalized spacial score (nSPS) is 25.1. The predicted molar refractivity (Wildman–Crippen MR) is 318 cm³/mol. The number of methoxy groups -OCH3 is 1. The summed E-state index contributed by atoms with van der Waals surface area (Å²) in [5, 5.41) is 22.9. The summed E-state index contributed by atoms with van der Waals surface area (Å²) in [5.74, 6) is -5.04. The van der Waals surface area contributed by atoms with Gasteiger partial charge in [0.25, 0.3) is 17.7 Å². The van der Waals surface area contributed by atoms with Gasteiger partial charge in [-0.3, -0.25) is 43.8 Å². The molecule has 0 spiro atoms. The van der Waals surface area contributed by atoms with E-state index in [1.54, 1.807) is 66.0 Å². The first-order valence-electron chi connectivity index (χ1n) is 29.1. The number of nitrogens with two attached hydrogens (primary N) is 1. The summed E-state index contributed by atoms with van der Waals surface area (Å²) in [6.07, 6.45) is 4.55. The van der Waals surface area contributed by atoms with Crippen molar-refractivity contribution in [1.82, 2.24) is 31.1 Å². The van der Waals surface area contributed by atoms with Gasteiger partial charge in [-0.05, 0) is 113 Å². The van der Waals surface area contributed by atoms with Crippen LogP contribution in [0.25, 0.3) is 0 Å². The molecule has 7 N–H and O–H groups in total. The third kappa shape index (κ3) is 16.9. The molecule has 0 unspecified atom stereocenters. The first-order valence-corrected chi connectivity index (χ1v) is 29.4. The number of likely N-dealkylation sites (N-methyl/N-ethyl adjacent to an activating group) is 1. The predicted octanol–water partition coefficient (Wildman–Crippen LogP) is 5.11. The molecule has 23 nitrogen and oxygen atoms in total. The summed E-state index contributed by atoms with van der Waals surface area (Å²) in [6, 6.07) is 4.37. The van der Waals surface area contributed by atoms with Gasteiger partial charge in [-0.2, -0.15) is 0 Å². The number of aryl methyl sites for hydroxylation is 2. The van der Waals surface area contributed by atoms with E-state index in [0.29, 0.717) is 47.5 Å². The van der Waals surface area contributed by atoms with E-state index in [-0.39, 0.29) is 74.3 Å². The minimum absolute atomic E-state index is 0.0818. The van der Waals surface area contributed by atoms with E-state index in [1.807, 2.05) is 32.1 Å². The van der Waals surface area contributed by atoms with E-state index in [1.165, 1.54) is 49.1 Å². The molecule has 4 bridgehead atoms. The van der Waals surface area contributed by atoms with Crippen molar-refractivity contribution in [2.24, 2.45) is 17.6 Å². The number of fused-ring (bicyclic) bond motifs is 5. The number of nitrogens with zero attached hydrogens (tertiary/aromatic N) is 3. The number of unbranched alkanes of at least 4 members (excludes halogenated alkanes) is 2. The Morgan fingerprint density at radius 2 is 1.66 bits per heavy atom. The van der Waals surface area contributed by atoms with E-state index < -0.39 is 108 Å². The standard InChI is InChI=1S/C62H83ClN8O15/c1-34(2)54(67-49(73)20-13-12-14-26-71-50(74)23-24-51(71)75)56(77)66-43(18-16-25-65-59(64)80)45(72)31-41-21-22-42(29-36(41)4)57(78)69(9)39(7)58(79)85-48-32-52(76)70(10)44-30-40(28-37(5)53(44)63)27-35(3)17-15-19-47(83-11)62(82)33-46(84-60(81)68-62)38(6)55-61(48,8)86-55/h15,17,19,21-24,28-30,34,38-39,43,46-48,54-55,82H,12-14,16,18,20,25-27,31-33H2,1-11H3,(H,66,77)(H,67,73)(H,68,81)(H3,64,65,80)/b19-15+,35-17+/t38-,39+,43+,46+,47-,48+,54+,55+,61+,62+/m1/s1. The largest absolute Gasteiger partial charge is 0.457 e. The number of urea groups is 1. The highest BCUT2D eigenvalue weighted by molar-refractivity contribution is 6.34. The minimum Gasteiger partial charge on any atom is -0.457 e. The zero-order valence-corrected chi connectivity index (χ0v) is 51.7. The van der Waals surface area contributed by atoms with Crippen LogP contribution in [0.2, 0.25) is 5.02 Å². The first kappa shape index (κ1) is 67.7. The Labute approximate surface area is 507 Å². The number of carbonyl (C=O) groups excluding carboxylic acids is 10. The average molecular weight is 1220 g/mol. The van der Waals surface area contributed by atoms with Gasteiger partial charge in [0.15, 0.2) is 11.5 Å². The highest BCUT2D eigenvalue weighted by Crippen LogP contribution is 2.49. The number of anilines is 1. The number of Topliss-reactive ketones (excluding diaryl/α,β-unsaturated/α-hetero) is 1. The van der Waals surface area contributed by atoms with Crippen molar-refractivity contribution in [1.29, 1.82) is 0 Å². The van der Waals surface area contributed by atoms with Crippen molar-refractivity contribution in [3.8, 4) is 0 Å². The van der Waals surface area contributed by atoms with Crippen LogP contribution in [0.3, 0.4) is 0 Å². The molecule has 2 aromatic carbocycles. The highest BCUT2D eigenvalue weighted by Gasteiger charge is 2.64. The molecule has 0 aliphatic carbocycles. The molecule has 4 aliphatic heterocycles. The van der Waals surface area contributed by atoms with E-state index in [4.69, 9.17) is 36.3 Å². The zero-order chi connectivity index (χ0) is 63.5. The van der Waals surface area contributed by atoms with Gasteiger partial charge >= 0.3 is 18.1 Å². The lowest BCUT2D eigenvalue weighted by Crippen LogP contribution is -2.63. The summed E-state index contributed by atoms with van der Waals surface area (Å²) in [4.78, 5) is 136. The quantitative estimate of drug-likeness (QED) is 0.0386. The number of rotatable bonds is 22. The molecular weight excluding hydrogens is 1130 g/mol. The molecule has 0 saturated carbocycles. The number of nitrogens with one attached hydrogen (secondary N) is 4. The zero-order valence-electron chi connectivity index (χ0n) is 50.9. The monoisotopic (exact) mass is 1210 g/mol. The lowest BCUT2D eigenvalue weighted by atomic mass is 9.83. The maximum atomic E-state index is 14.5.